The third-order valence-corrected chi connectivity index (χ3v) is 7.20. The average Bonchev–Trinajstić information content (AvgIpc) is 3.47. The summed E-state index contributed by atoms with van der Waals surface area (Å²) >= 11 is 0. The number of nitrogens with one attached hydrogen (secondary N) is 3. The molecular formula is C30H39F2N5O6. The van der Waals surface area contributed by atoms with Crippen LogP contribution in [0, 0.1) is 11.8 Å². The summed E-state index contributed by atoms with van der Waals surface area (Å²) in [5.74, 6) is -8.01. The number of hydrogen-bond acceptors (Lipinski definition) is 7. The van der Waals surface area contributed by atoms with Crippen LogP contribution in [0.15, 0.2) is 54.7 Å². The lowest BCUT2D eigenvalue weighted by Gasteiger charge is -2.34. The van der Waals surface area contributed by atoms with Gasteiger partial charge in [-0.15, -0.1) is 0 Å². The molecule has 4 atom stereocenters. The first-order valence-corrected chi connectivity index (χ1v) is 14.2. The van der Waals surface area contributed by atoms with Crippen molar-refractivity contribution in [2.24, 2.45) is 11.8 Å². The highest BCUT2D eigenvalue weighted by atomic mass is 19.3. The maximum atomic E-state index is 15.1. The van der Waals surface area contributed by atoms with Crippen LogP contribution in [0.3, 0.4) is 0 Å². The number of carbonyl (C=O) groups is 4. The molecule has 1 aromatic carbocycles. The van der Waals surface area contributed by atoms with E-state index < -0.39 is 59.9 Å². The molecule has 0 unspecified atom stereocenters. The van der Waals surface area contributed by atoms with Gasteiger partial charge in [0.15, 0.2) is 0 Å². The van der Waals surface area contributed by atoms with E-state index in [0.29, 0.717) is 12.1 Å². The number of nitrogens with zero attached hydrogens (tertiary/aromatic N) is 2. The van der Waals surface area contributed by atoms with Crippen LogP contribution < -0.4 is 20.7 Å². The number of carbonyl (C=O) groups excluding carboxylic acids is 4. The van der Waals surface area contributed by atoms with Crippen molar-refractivity contribution in [3.63, 3.8) is 0 Å². The molecule has 1 aliphatic heterocycles. The Morgan fingerprint density at radius 2 is 1.70 bits per heavy atom. The Kier molecular flexibility index (Phi) is 11.5. The summed E-state index contributed by atoms with van der Waals surface area (Å²) in [5.41, 5.74) is 0.350. The van der Waals surface area contributed by atoms with Gasteiger partial charge in [-0.25, -0.2) is 4.79 Å². The second-order valence-corrected chi connectivity index (χ2v) is 11.1. The van der Waals surface area contributed by atoms with Gasteiger partial charge in [-0.05, 0) is 48.9 Å². The zero-order valence-electron chi connectivity index (χ0n) is 24.6. The molecule has 0 saturated carbocycles. The standard InChI is InChI=1S/C30H39F2N5O6/c1-18(2)23(25(38)30(31,32)28(41)34-17-20-11-8-9-15-33-20)35-26(39)22-14-10-16-37(22)27(40)24(19(3)4)36-29(42)43-21-12-6-5-7-13-21/h5-9,11-13,15,18-19,22-25,38H,10,14,16-17H2,1-4H3,(H,34,41)(H,35,39)(H,36,42)/t22-,23-,24-,25+/m0/s1. The van der Waals surface area contributed by atoms with Crippen molar-refractivity contribution in [1.82, 2.24) is 25.8 Å². The maximum absolute atomic E-state index is 15.1. The minimum absolute atomic E-state index is 0.205. The summed E-state index contributed by atoms with van der Waals surface area (Å²) in [6.45, 7) is 6.42. The van der Waals surface area contributed by atoms with Crippen molar-refractivity contribution >= 4 is 23.8 Å². The van der Waals surface area contributed by atoms with E-state index in [-0.39, 0.29) is 31.2 Å². The fourth-order valence-electron chi connectivity index (χ4n) is 4.77. The lowest BCUT2D eigenvalue weighted by atomic mass is 9.93. The van der Waals surface area contributed by atoms with Crippen LogP contribution in [0.2, 0.25) is 0 Å². The van der Waals surface area contributed by atoms with Crippen LogP contribution >= 0.6 is 0 Å². The Morgan fingerprint density at radius 3 is 2.30 bits per heavy atom. The maximum Gasteiger partial charge on any atom is 0.413 e. The number of halogens is 2. The van der Waals surface area contributed by atoms with Gasteiger partial charge in [-0.2, -0.15) is 8.78 Å². The van der Waals surface area contributed by atoms with E-state index in [4.69, 9.17) is 4.74 Å². The van der Waals surface area contributed by atoms with Crippen LogP contribution in [0.4, 0.5) is 13.6 Å². The fraction of sp³-hybridized carbons (Fsp3) is 0.500. The van der Waals surface area contributed by atoms with E-state index in [2.05, 4.69) is 20.9 Å². The molecule has 1 saturated heterocycles. The van der Waals surface area contributed by atoms with Crippen molar-refractivity contribution in [2.45, 2.75) is 77.2 Å². The van der Waals surface area contributed by atoms with Crippen LogP contribution in [0.5, 0.6) is 5.75 Å². The average molecular weight is 604 g/mol. The Balaban J connectivity index is 1.67. The molecule has 1 fully saturated rings. The number of rotatable bonds is 12. The van der Waals surface area contributed by atoms with Crippen LogP contribution in [-0.4, -0.2) is 75.5 Å². The minimum atomic E-state index is -4.24. The number of ether oxygens (including phenoxy) is 1. The highest BCUT2D eigenvalue weighted by Gasteiger charge is 2.51. The molecule has 4 N–H and O–H groups in total. The van der Waals surface area contributed by atoms with E-state index in [0.717, 1.165) is 0 Å². The Bertz CT molecular complexity index is 1250. The van der Waals surface area contributed by atoms with Crippen LogP contribution in [0.25, 0.3) is 0 Å². The number of para-hydroxylation sites is 1. The fourth-order valence-corrected chi connectivity index (χ4v) is 4.77. The largest absolute Gasteiger partial charge is 0.413 e. The van der Waals surface area contributed by atoms with Gasteiger partial charge in [0.2, 0.25) is 11.8 Å². The summed E-state index contributed by atoms with van der Waals surface area (Å²) in [6, 6.07) is 9.55. The van der Waals surface area contributed by atoms with Crippen LogP contribution in [0.1, 0.15) is 46.2 Å². The van der Waals surface area contributed by atoms with E-state index in [1.165, 1.54) is 24.9 Å². The minimum Gasteiger partial charge on any atom is -0.410 e. The quantitative estimate of drug-likeness (QED) is 0.291. The second kappa shape index (κ2) is 14.9. The molecule has 234 valence electrons. The molecule has 2 aromatic rings. The van der Waals surface area contributed by atoms with Gasteiger partial charge in [-0.1, -0.05) is 52.0 Å². The highest BCUT2D eigenvalue weighted by Crippen LogP contribution is 2.27. The summed E-state index contributed by atoms with van der Waals surface area (Å²) in [6.07, 6.45) is -1.23. The zero-order valence-corrected chi connectivity index (χ0v) is 24.6. The van der Waals surface area contributed by atoms with E-state index >= 15 is 8.78 Å². The zero-order chi connectivity index (χ0) is 31.7. The van der Waals surface area contributed by atoms with Crippen molar-refractivity contribution < 1.29 is 37.8 Å². The number of amides is 4. The number of aromatic nitrogens is 1. The van der Waals surface area contributed by atoms with Gasteiger partial charge in [0, 0.05) is 12.7 Å². The molecule has 0 spiro atoms. The second-order valence-electron chi connectivity index (χ2n) is 11.1. The highest BCUT2D eigenvalue weighted by molar-refractivity contribution is 5.92. The Hall–Kier alpha value is -4.13. The lowest BCUT2D eigenvalue weighted by molar-refractivity contribution is -0.169. The van der Waals surface area contributed by atoms with Crippen molar-refractivity contribution in [2.75, 3.05) is 6.54 Å². The summed E-state index contributed by atoms with van der Waals surface area (Å²) in [5, 5.41) is 17.7. The smallest absolute Gasteiger partial charge is 0.410 e. The number of hydrogen-bond donors (Lipinski definition) is 4. The van der Waals surface area contributed by atoms with Gasteiger partial charge >= 0.3 is 12.0 Å². The molecule has 3 rings (SSSR count). The van der Waals surface area contributed by atoms with Crippen LogP contribution in [-0.2, 0) is 20.9 Å². The van der Waals surface area contributed by atoms with Crippen molar-refractivity contribution in [3.8, 4) is 5.75 Å². The third kappa shape index (κ3) is 8.69. The van der Waals surface area contributed by atoms with Gasteiger partial charge < -0.3 is 30.7 Å². The number of aliphatic hydroxyl groups excluding tert-OH is 1. The molecular weight excluding hydrogens is 564 g/mol. The first-order chi connectivity index (χ1) is 20.3. The number of aliphatic hydroxyl groups is 1. The topological polar surface area (TPSA) is 150 Å². The molecule has 0 aliphatic carbocycles. The van der Waals surface area contributed by atoms with Gasteiger partial charge in [0.1, 0.15) is 23.9 Å². The first kappa shape index (κ1) is 33.4. The molecule has 4 amide bonds. The van der Waals surface area contributed by atoms with Gasteiger partial charge in [0.25, 0.3) is 5.91 Å². The predicted octanol–water partition coefficient (Wildman–Crippen LogP) is 2.64. The summed E-state index contributed by atoms with van der Waals surface area (Å²) in [4.78, 5) is 57.0. The number of pyridine rings is 1. The number of alkyl halides is 2. The van der Waals surface area contributed by atoms with Gasteiger partial charge in [-0.3, -0.25) is 19.4 Å². The predicted molar refractivity (Wildman–Crippen MR) is 153 cm³/mol. The molecule has 43 heavy (non-hydrogen) atoms. The third-order valence-electron chi connectivity index (χ3n) is 7.20. The summed E-state index contributed by atoms with van der Waals surface area (Å²) in [7, 11) is 0. The first-order valence-electron chi connectivity index (χ1n) is 14.2. The summed E-state index contributed by atoms with van der Waals surface area (Å²) < 4.78 is 35.4. The lowest BCUT2D eigenvalue weighted by Crippen LogP contribution is -2.61. The number of likely N-dealkylation sites (tertiary alicyclic amines) is 1. The monoisotopic (exact) mass is 603 g/mol. The molecule has 1 aromatic heterocycles. The van der Waals surface area contributed by atoms with E-state index in [1.807, 2.05) is 0 Å². The molecule has 2 heterocycles. The Labute approximate surface area is 249 Å². The van der Waals surface area contributed by atoms with E-state index in [9.17, 15) is 24.3 Å². The van der Waals surface area contributed by atoms with E-state index in [1.54, 1.807) is 62.4 Å². The molecule has 0 radical (unpaired) electrons. The van der Waals surface area contributed by atoms with Crippen molar-refractivity contribution in [3.05, 3.63) is 60.4 Å². The Morgan fingerprint density at radius 1 is 1.02 bits per heavy atom. The van der Waals surface area contributed by atoms with Gasteiger partial charge in [0.05, 0.1) is 18.3 Å². The molecule has 0 bridgehead atoms. The van der Waals surface area contributed by atoms with Crippen molar-refractivity contribution in [1.29, 1.82) is 0 Å². The SMILES string of the molecule is CC(C)[C@H](NC(=O)Oc1ccccc1)C(=O)N1CCC[C@H]1C(=O)N[C@@H](C(C)C)[C@@H](O)C(F)(F)C(=O)NCc1ccccn1. The molecule has 1 aliphatic rings. The molecule has 13 heteroatoms. The number of benzene rings is 1. The normalized spacial score (nSPS) is 17.2. The molecule has 11 nitrogen and oxygen atoms in total.